The number of nitrogens with one attached hydrogen (secondary N) is 1. The summed E-state index contributed by atoms with van der Waals surface area (Å²) in [6.45, 7) is 2.09. The lowest BCUT2D eigenvalue weighted by Crippen LogP contribution is -2.20. The largest absolute Gasteiger partial charge is 0.454 e. The Kier molecular flexibility index (Phi) is 5.24. The fourth-order valence-electron chi connectivity index (χ4n) is 2.65. The zero-order valence-electron chi connectivity index (χ0n) is 15.0. The molecule has 28 heavy (non-hydrogen) atoms. The molecule has 142 valence electrons. The fourth-order valence-corrected chi connectivity index (χ4v) is 3.44. The number of benzene rings is 2. The van der Waals surface area contributed by atoms with Crippen LogP contribution in [0.2, 0.25) is 0 Å². The Hall–Kier alpha value is -3.33. The molecule has 4 rings (SSSR count). The average Bonchev–Trinajstić information content (AvgIpc) is 3.33. The highest BCUT2D eigenvalue weighted by Crippen LogP contribution is 2.31. The van der Waals surface area contributed by atoms with Gasteiger partial charge < -0.3 is 9.47 Å². The molecule has 0 saturated carbocycles. The van der Waals surface area contributed by atoms with Gasteiger partial charge in [0, 0.05) is 5.69 Å². The molecule has 0 saturated heterocycles. The van der Waals surface area contributed by atoms with Gasteiger partial charge in [0.15, 0.2) is 16.7 Å². The molecule has 2 heterocycles. The minimum absolute atomic E-state index is 0.170. The van der Waals surface area contributed by atoms with E-state index in [1.54, 1.807) is 18.3 Å². The van der Waals surface area contributed by atoms with E-state index < -0.39 is 0 Å². The predicted octanol–water partition coefficient (Wildman–Crippen LogP) is 2.55. The van der Waals surface area contributed by atoms with Crippen LogP contribution in [0.3, 0.4) is 0 Å². The standard InChI is InChI=1S/C19H17N5O3S/c1-13-21-23-19(24(13)15-5-3-2-4-6-15)28-11-18(25)22-20-10-14-7-8-16-17(9-14)27-12-26-16/h2-10H,11-12H2,1H3,(H,22,25). The Morgan fingerprint density at radius 2 is 2.04 bits per heavy atom. The van der Waals surface area contributed by atoms with Crippen LogP contribution in [0.5, 0.6) is 11.5 Å². The van der Waals surface area contributed by atoms with Crippen LogP contribution in [0.15, 0.2) is 58.8 Å². The fraction of sp³-hybridized carbons (Fsp3) is 0.158. The van der Waals surface area contributed by atoms with Gasteiger partial charge in [-0.25, -0.2) is 5.43 Å². The van der Waals surface area contributed by atoms with E-state index >= 15 is 0 Å². The Morgan fingerprint density at radius 3 is 2.89 bits per heavy atom. The second-order valence-corrected chi connectivity index (χ2v) is 6.84. The lowest BCUT2D eigenvalue weighted by atomic mass is 10.2. The van der Waals surface area contributed by atoms with Crippen molar-refractivity contribution in [2.75, 3.05) is 12.5 Å². The van der Waals surface area contributed by atoms with Crippen molar-refractivity contribution >= 4 is 23.9 Å². The first-order valence-corrected chi connectivity index (χ1v) is 9.51. The second kappa shape index (κ2) is 8.13. The molecule has 0 aliphatic carbocycles. The first-order valence-electron chi connectivity index (χ1n) is 8.52. The molecule has 3 aromatic rings. The lowest BCUT2D eigenvalue weighted by molar-refractivity contribution is -0.118. The van der Waals surface area contributed by atoms with Gasteiger partial charge in [0.05, 0.1) is 12.0 Å². The van der Waals surface area contributed by atoms with Crippen LogP contribution in [0, 0.1) is 6.92 Å². The van der Waals surface area contributed by atoms with Crippen LogP contribution in [-0.4, -0.2) is 39.4 Å². The third-order valence-corrected chi connectivity index (χ3v) is 4.87. The number of aryl methyl sites for hydroxylation is 1. The molecule has 0 bridgehead atoms. The summed E-state index contributed by atoms with van der Waals surface area (Å²) in [4.78, 5) is 12.1. The number of hydrazone groups is 1. The van der Waals surface area contributed by atoms with E-state index in [1.807, 2.05) is 47.9 Å². The summed E-state index contributed by atoms with van der Waals surface area (Å²) in [6.07, 6.45) is 1.56. The van der Waals surface area contributed by atoms with Crippen LogP contribution in [0.25, 0.3) is 5.69 Å². The Bertz CT molecular complexity index is 1020. The zero-order chi connectivity index (χ0) is 19.3. The molecule has 2 aromatic carbocycles. The average molecular weight is 395 g/mol. The van der Waals surface area contributed by atoms with Gasteiger partial charge in [-0.3, -0.25) is 9.36 Å². The minimum Gasteiger partial charge on any atom is -0.454 e. The summed E-state index contributed by atoms with van der Waals surface area (Å²) in [5.41, 5.74) is 4.27. The van der Waals surface area contributed by atoms with Gasteiger partial charge in [-0.1, -0.05) is 30.0 Å². The molecule has 1 aliphatic heterocycles. The number of thioether (sulfide) groups is 1. The third-order valence-electron chi connectivity index (χ3n) is 3.94. The number of aromatic nitrogens is 3. The molecule has 1 aromatic heterocycles. The Morgan fingerprint density at radius 1 is 1.21 bits per heavy atom. The maximum Gasteiger partial charge on any atom is 0.250 e. The van der Waals surface area contributed by atoms with E-state index in [9.17, 15) is 4.79 Å². The molecular weight excluding hydrogens is 378 g/mol. The molecular formula is C19H17N5O3S. The number of nitrogens with zero attached hydrogens (tertiary/aromatic N) is 4. The van der Waals surface area contributed by atoms with Crippen LogP contribution in [0.4, 0.5) is 0 Å². The van der Waals surface area contributed by atoms with Crippen molar-refractivity contribution in [1.29, 1.82) is 0 Å². The highest BCUT2D eigenvalue weighted by molar-refractivity contribution is 7.99. The number of hydrogen-bond acceptors (Lipinski definition) is 7. The first kappa shape index (κ1) is 18.1. The number of para-hydroxylation sites is 1. The van der Waals surface area contributed by atoms with Crippen molar-refractivity contribution in [3.63, 3.8) is 0 Å². The summed E-state index contributed by atoms with van der Waals surface area (Å²) in [7, 11) is 0. The van der Waals surface area contributed by atoms with Crippen molar-refractivity contribution < 1.29 is 14.3 Å². The van der Waals surface area contributed by atoms with E-state index in [0.717, 1.165) is 17.1 Å². The quantitative estimate of drug-likeness (QED) is 0.392. The summed E-state index contributed by atoms with van der Waals surface area (Å²) in [5.74, 6) is 2.07. The maximum atomic E-state index is 12.1. The van der Waals surface area contributed by atoms with Crippen LogP contribution in [0.1, 0.15) is 11.4 Å². The zero-order valence-corrected chi connectivity index (χ0v) is 15.8. The van der Waals surface area contributed by atoms with E-state index in [2.05, 4.69) is 20.7 Å². The van der Waals surface area contributed by atoms with Crippen molar-refractivity contribution in [3.8, 4) is 17.2 Å². The van der Waals surface area contributed by atoms with Gasteiger partial charge >= 0.3 is 0 Å². The Labute approximate surface area is 165 Å². The number of ether oxygens (including phenoxy) is 2. The van der Waals surface area contributed by atoms with E-state index in [0.29, 0.717) is 16.7 Å². The molecule has 9 heteroatoms. The van der Waals surface area contributed by atoms with Crippen molar-refractivity contribution in [3.05, 3.63) is 59.9 Å². The number of amides is 1. The molecule has 1 N–H and O–H groups in total. The topological polar surface area (TPSA) is 90.6 Å². The smallest absolute Gasteiger partial charge is 0.250 e. The number of rotatable bonds is 6. The first-order chi connectivity index (χ1) is 13.7. The second-order valence-electron chi connectivity index (χ2n) is 5.90. The van der Waals surface area contributed by atoms with E-state index in [4.69, 9.17) is 9.47 Å². The SMILES string of the molecule is Cc1nnc(SCC(=O)NN=Cc2ccc3c(c2)OCO3)n1-c1ccccc1. The summed E-state index contributed by atoms with van der Waals surface area (Å²) in [5, 5.41) is 12.9. The molecule has 0 spiro atoms. The lowest BCUT2D eigenvalue weighted by Gasteiger charge is -2.07. The van der Waals surface area contributed by atoms with Crippen molar-refractivity contribution in [2.24, 2.45) is 5.10 Å². The van der Waals surface area contributed by atoms with Crippen LogP contribution < -0.4 is 14.9 Å². The van der Waals surface area contributed by atoms with Gasteiger partial charge in [-0.15, -0.1) is 10.2 Å². The molecule has 0 atom stereocenters. The highest BCUT2D eigenvalue weighted by atomic mass is 32.2. The highest BCUT2D eigenvalue weighted by Gasteiger charge is 2.14. The number of carbonyl (C=O) groups excluding carboxylic acids is 1. The van der Waals surface area contributed by atoms with Gasteiger partial charge in [0.2, 0.25) is 6.79 Å². The number of fused-ring (bicyclic) bond motifs is 1. The summed E-state index contributed by atoms with van der Waals surface area (Å²) in [6, 6.07) is 15.2. The summed E-state index contributed by atoms with van der Waals surface area (Å²) < 4.78 is 12.5. The molecule has 1 amide bonds. The molecule has 0 unspecified atom stereocenters. The normalized spacial score (nSPS) is 12.5. The third kappa shape index (κ3) is 3.99. The Balaban J connectivity index is 1.34. The van der Waals surface area contributed by atoms with Crippen LogP contribution >= 0.6 is 11.8 Å². The maximum absolute atomic E-state index is 12.1. The number of hydrogen-bond donors (Lipinski definition) is 1. The molecule has 1 aliphatic rings. The molecule has 8 nitrogen and oxygen atoms in total. The summed E-state index contributed by atoms with van der Waals surface area (Å²) >= 11 is 1.30. The van der Waals surface area contributed by atoms with Gasteiger partial charge in [0.1, 0.15) is 5.82 Å². The molecule has 0 fully saturated rings. The van der Waals surface area contributed by atoms with Gasteiger partial charge in [0.25, 0.3) is 5.91 Å². The predicted molar refractivity (Wildman–Crippen MR) is 105 cm³/mol. The monoisotopic (exact) mass is 395 g/mol. The molecule has 0 radical (unpaired) electrons. The van der Waals surface area contributed by atoms with Crippen molar-refractivity contribution in [2.45, 2.75) is 12.1 Å². The van der Waals surface area contributed by atoms with Crippen LogP contribution in [-0.2, 0) is 4.79 Å². The van der Waals surface area contributed by atoms with E-state index in [1.165, 1.54) is 11.8 Å². The minimum atomic E-state index is -0.234. The van der Waals surface area contributed by atoms with E-state index in [-0.39, 0.29) is 18.5 Å². The number of carbonyl (C=O) groups is 1. The van der Waals surface area contributed by atoms with Gasteiger partial charge in [-0.2, -0.15) is 5.10 Å². The van der Waals surface area contributed by atoms with Crippen molar-refractivity contribution in [1.82, 2.24) is 20.2 Å². The van der Waals surface area contributed by atoms with Gasteiger partial charge in [-0.05, 0) is 42.8 Å².